The van der Waals surface area contributed by atoms with Gasteiger partial charge in [-0.2, -0.15) is 0 Å². The van der Waals surface area contributed by atoms with Gasteiger partial charge in [-0.25, -0.2) is 0 Å². The number of ether oxygens (including phenoxy) is 1. The summed E-state index contributed by atoms with van der Waals surface area (Å²) in [6.07, 6.45) is 6.05. The molecule has 1 heterocycles. The van der Waals surface area contributed by atoms with Gasteiger partial charge in [0, 0.05) is 5.75 Å². The Balaban J connectivity index is 1.93. The maximum atomic E-state index is 11.5. The molecule has 2 N–H and O–H groups in total. The SMILES string of the molecule is CCCCCCCCSC(=O)C1OC1C(N)=O. The number of thioether (sulfide) groups is 1. The molecular formula is C12H21NO3S. The normalized spacial score (nSPS) is 22.4. The highest BCUT2D eigenvalue weighted by Crippen LogP contribution is 2.27. The van der Waals surface area contributed by atoms with Gasteiger partial charge in [-0.05, 0) is 6.42 Å². The summed E-state index contributed by atoms with van der Waals surface area (Å²) in [6.45, 7) is 2.19. The summed E-state index contributed by atoms with van der Waals surface area (Å²) in [6, 6.07) is 0. The van der Waals surface area contributed by atoms with E-state index in [1.54, 1.807) is 0 Å². The highest BCUT2D eigenvalue weighted by atomic mass is 32.2. The average molecular weight is 259 g/mol. The molecule has 17 heavy (non-hydrogen) atoms. The van der Waals surface area contributed by atoms with Crippen molar-refractivity contribution in [3.63, 3.8) is 0 Å². The molecule has 1 aliphatic rings. The Labute approximate surface area is 107 Å². The number of hydrogen-bond donors (Lipinski definition) is 1. The number of hydrogen-bond acceptors (Lipinski definition) is 4. The number of nitrogens with two attached hydrogens (primary N) is 1. The second-order valence-electron chi connectivity index (χ2n) is 4.31. The van der Waals surface area contributed by atoms with Crippen LogP contribution in [0.1, 0.15) is 45.4 Å². The van der Waals surface area contributed by atoms with Crippen LogP contribution in [-0.2, 0) is 14.3 Å². The second-order valence-corrected chi connectivity index (χ2v) is 5.41. The zero-order chi connectivity index (χ0) is 12.7. The lowest BCUT2D eigenvalue weighted by Gasteiger charge is -1.99. The lowest BCUT2D eigenvalue weighted by Crippen LogP contribution is -2.22. The van der Waals surface area contributed by atoms with E-state index in [1.165, 1.54) is 43.9 Å². The first-order chi connectivity index (χ1) is 8.16. The average Bonchev–Trinajstić information content (AvgIpc) is 3.07. The van der Waals surface area contributed by atoms with Crippen molar-refractivity contribution < 1.29 is 14.3 Å². The van der Waals surface area contributed by atoms with Crippen LogP contribution in [0.25, 0.3) is 0 Å². The second kappa shape index (κ2) is 7.71. The minimum Gasteiger partial charge on any atom is -0.367 e. The fourth-order valence-electron chi connectivity index (χ4n) is 1.65. The van der Waals surface area contributed by atoms with Crippen LogP contribution < -0.4 is 5.73 Å². The molecule has 0 radical (unpaired) electrons. The van der Waals surface area contributed by atoms with Crippen molar-refractivity contribution in [1.82, 2.24) is 0 Å². The van der Waals surface area contributed by atoms with Gasteiger partial charge in [-0.15, -0.1) is 0 Å². The van der Waals surface area contributed by atoms with Gasteiger partial charge < -0.3 is 10.5 Å². The molecule has 2 unspecified atom stereocenters. The molecule has 1 aliphatic heterocycles. The van der Waals surface area contributed by atoms with Gasteiger partial charge in [0.05, 0.1) is 0 Å². The summed E-state index contributed by atoms with van der Waals surface area (Å²) in [5, 5.41) is -0.0534. The number of carbonyl (C=O) groups is 2. The summed E-state index contributed by atoms with van der Waals surface area (Å²) in [7, 11) is 0. The van der Waals surface area contributed by atoms with Crippen LogP contribution in [0.2, 0.25) is 0 Å². The van der Waals surface area contributed by atoms with Crippen molar-refractivity contribution in [2.75, 3.05) is 5.75 Å². The van der Waals surface area contributed by atoms with Gasteiger partial charge >= 0.3 is 0 Å². The van der Waals surface area contributed by atoms with Crippen LogP contribution in [0.15, 0.2) is 0 Å². The van der Waals surface area contributed by atoms with Crippen LogP contribution in [0.3, 0.4) is 0 Å². The first-order valence-electron chi connectivity index (χ1n) is 6.28. The lowest BCUT2D eigenvalue weighted by molar-refractivity contribution is -0.119. The number of carbonyl (C=O) groups excluding carboxylic acids is 2. The van der Waals surface area contributed by atoms with Crippen LogP contribution in [0.5, 0.6) is 0 Å². The molecule has 1 rings (SSSR count). The number of amides is 1. The minimum atomic E-state index is -0.667. The Morgan fingerprint density at radius 1 is 1.12 bits per heavy atom. The number of primary amides is 1. The smallest absolute Gasteiger partial charge is 0.249 e. The van der Waals surface area contributed by atoms with E-state index >= 15 is 0 Å². The topological polar surface area (TPSA) is 72.7 Å². The van der Waals surface area contributed by atoms with Crippen LogP contribution in [-0.4, -0.2) is 29.0 Å². The maximum absolute atomic E-state index is 11.5. The molecular weight excluding hydrogens is 238 g/mol. The molecule has 0 spiro atoms. The van der Waals surface area contributed by atoms with Gasteiger partial charge in [0.15, 0.2) is 12.2 Å². The van der Waals surface area contributed by atoms with Crippen molar-refractivity contribution in [1.29, 1.82) is 0 Å². The van der Waals surface area contributed by atoms with Crippen molar-refractivity contribution in [2.24, 2.45) is 5.73 Å². The lowest BCUT2D eigenvalue weighted by atomic mass is 10.1. The molecule has 0 aromatic rings. The van der Waals surface area contributed by atoms with E-state index in [0.29, 0.717) is 0 Å². The maximum Gasteiger partial charge on any atom is 0.249 e. The van der Waals surface area contributed by atoms with Crippen LogP contribution in [0, 0.1) is 0 Å². The molecule has 98 valence electrons. The van der Waals surface area contributed by atoms with E-state index < -0.39 is 18.1 Å². The Hall–Kier alpha value is -0.550. The molecule has 0 bridgehead atoms. The van der Waals surface area contributed by atoms with E-state index in [1.807, 2.05) is 0 Å². The van der Waals surface area contributed by atoms with Crippen molar-refractivity contribution >= 4 is 22.8 Å². The Kier molecular flexibility index (Phi) is 6.58. The van der Waals surface area contributed by atoms with Gasteiger partial charge in [0.1, 0.15) is 0 Å². The minimum absolute atomic E-state index is 0.0534. The monoisotopic (exact) mass is 259 g/mol. The standard InChI is InChI=1S/C12H21NO3S/c1-2-3-4-5-6-7-8-17-12(15)10-9(16-10)11(13)14/h9-10H,2-8H2,1H3,(H2,13,14). The number of rotatable bonds is 9. The van der Waals surface area contributed by atoms with Gasteiger partial charge in [0.25, 0.3) is 0 Å². The van der Waals surface area contributed by atoms with Crippen LogP contribution >= 0.6 is 11.8 Å². The van der Waals surface area contributed by atoms with Crippen LogP contribution in [0.4, 0.5) is 0 Å². The van der Waals surface area contributed by atoms with Gasteiger partial charge in [-0.1, -0.05) is 50.8 Å². The first kappa shape index (κ1) is 14.5. The molecule has 1 saturated heterocycles. The predicted molar refractivity (Wildman–Crippen MR) is 68.7 cm³/mol. The highest BCUT2D eigenvalue weighted by Gasteiger charge is 2.48. The molecule has 5 heteroatoms. The highest BCUT2D eigenvalue weighted by molar-refractivity contribution is 8.13. The Morgan fingerprint density at radius 3 is 2.35 bits per heavy atom. The zero-order valence-electron chi connectivity index (χ0n) is 10.3. The van der Waals surface area contributed by atoms with Gasteiger partial charge in [-0.3, -0.25) is 9.59 Å². The van der Waals surface area contributed by atoms with Crippen molar-refractivity contribution in [2.45, 2.75) is 57.7 Å². The Morgan fingerprint density at radius 2 is 1.76 bits per heavy atom. The third-order valence-corrected chi connectivity index (χ3v) is 3.76. The third kappa shape index (κ3) is 5.55. The quantitative estimate of drug-likeness (QED) is 0.506. The molecule has 0 aromatic carbocycles. The van der Waals surface area contributed by atoms with E-state index in [0.717, 1.165) is 12.2 Å². The fraction of sp³-hybridized carbons (Fsp3) is 0.833. The fourth-order valence-corrected chi connectivity index (χ4v) is 2.54. The van der Waals surface area contributed by atoms with Crippen molar-refractivity contribution in [3.8, 4) is 0 Å². The van der Waals surface area contributed by atoms with E-state index in [9.17, 15) is 9.59 Å². The van der Waals surface area contributed by atoms with Gasteiger partial charge in [0.2, 0.25) is 11.0 Å². The number of epoxide rings is 1. The summed E-state index contributed by atoms with van der Waals surface area (Å²) in [5.41, 5.74) is 5.02. The number of unbranched alkanes of at least 4 members (excludes halogenated alkanes) is 5. The summed E-state index contributed by atoms with van der Waals surface area (Å²) >= 11 is 1.26. The molecule has 0 aromatic heterocycles. The molecule has 4 nitrogen and oxygen atoms in total. The largest absolute Gasteiger partial charge is 0.367 e. The summed E-state index contributed by atoms with van der Waals surface area (Å²) in [4.78, 5) is 22.2. The van der Waals surface area contributed by atoms with E-state index in [4.69, 9.17) is 10.5 Å². The summed E-state index contributed by atoms with van der Waals surface area (Å²) < 4.78 is 4.91. The van der Waals surface area contributed by atoms with Crippen molar-refractivity contribution in [3.05, 3.63) is 0 Å². The zero-order valence-corrected chi connectivity index (χ0v) is 11.1. The molecule has 1 fully saturated rings. The summed E-state index contributed by atoms with van der Waals surface area (Å²) in [5.74, 6) is 0.277. The Bertz CT molecular complexity index is 270. The molecule has 0 aliphatic carbocycles. The predicted octanol–water partition coefficient (Wildman–Crippen LogP) is 1.86. The molecule has 1 amide bonds. The molecule has 2 atom stereocenters. The van der Waals surface area contributed by atoms with E-state index in [2.05, 4.69) is 6.92 Å². The third-order valence-electron chi connectivity index (χ3n) is 2.75. The van der Waals surface area contributed by atoms with E-state index in [-0.39, 0.29) is 5.12 Å². The molecule has 0 saturated carbocycles. The first-order valence-corrected chi connectivity index (χ1v) is 7.26.